The van der Waals surface area contributed by atoms with Crippen LogP contribution in [-0.2, 0) is 23.9 Å². The zero-order valence-electron chi connectivity index (χ0n) is 9.96. The van der Waals surface area contributed by atoms with Crippen LogP contribution in [0.4, 0.5) is 0 Å². The molecule has 5 heteroatoms. The van der Waals surface area contributed by atoms with Gasteiger partial charge >= 0.3 is 5.97 Å². The van der Waals surface area contributed by atoms with E-state index in [9.17, 15) is 14.4 Å². The second kappa shape index (κ2) is 3.97. The molecule has 0 radical (unpaired) electrons. The number of carbonyl (C=O) groups excluding carboxylic acids is 3. The SMILES string of the molecule is COC[C@]1(CC(C)=O)OC(=O)C(C)(C)C1=O. The van der Waals surface area contributed by atoms with E-state index in [1.165, 1.54) is 27.9 Å². The van der Waals surface area contributed by atoms with Crippen molar-refractivity contribution in [3.05, 3.63) is 0 Å². The Hall–Kier alpha value is -1.23. The normalized spacial score (nSPS) is 28.0. The van der Waals surface area contributed by atoms with E-state index in [2.05, 4.69) is 0 Å². The van der Waals surface area contributed by atoms with E-state index in [0.29, 0.717) is 0 Å². The molecule has 0 bridgehead atoms. The Labute approximate surface area is 94.1 Å². The Kier molecular flexibility index (Phi) is 3.19. The topological polar surface area (TPSA) is 69.7 Å². The number of carbonyl (C=O) groups is 3. The van der Waals surface area contributed by atoms with Crippen LogP contribution in [0.25, 0.3) is 0 Å². The number of hydrogen-bond acceptors (Lipinski definition) is 5. The Bertz CT molecular complexity index is 344. The first-order valence-corrected chi connectivity index (χ1v) is 5.03. The molecule has 1 rings (SSSR count). The summed E-state index contributed by atoms with van der Waals surface area (Å²) in [7, 11) is 1.40. The molecule has 0 unspecified atom stereocenters. The molecule has 1 heterocycles. The van der Waals surface area contributed by atoms with Gasteiger partial charge < -0.3 is 9.47 Å². The third kappa shape index (κ3) is 1.87. The quantitative estimate of drug-likeness (QED) is 0.517. The maximum Gasteiger partial charge on any atom is 0.320 e. The Morgan fingerprint density at radius 3 is 2.25 bits per heavy atom. The van der Waals surface area contributed by atoms with E-state index in [1.54, 1.807) is 0 Å². The predicted molar refractivity (Wildman–Crippen MR) is 54.8 cm³/mol. The lowest BCUT2D eigenvalue weighted by atomic mass is 9.80. The van der Waals surface area contributed by atoms with Gasteiger partial charge in [-0.05, 0) is 20.8 Å². The first-order chi connectivity index (χ1) is 7.26. The number of ether oxygens (including phenoxy) is 2. The van der Waals surface area contributed by atoms with Crippen LogP contribution in [0, 0.1) is 5.41 Å². The van der Waals surface area contributed by atoms with Crippen molar-refractivity contribution < 1.29 is 23.9 Å². The largest absolute Gasteiger partial charge is 0.447 e. The summed E-state index contributed by atoms with van der Waals surface area (Å²) >= 11 is 0. The van der Waals surface area contributed by atoms with Gasteiger partial charge in [-0.2, -0.15) is 0 Å². The summed E-state index contributed by atoms with van der Waals surface area (Å²) in [5.74, 6) is -1.20. The molecular formula is C11H16O5. The van der Waals surface area contributed by atoms with Crippen LogP contribution in [0.3, 0.4) is 0 Å². The van der Waals surface area contributed by atoms with Crippen LogP contribution in [0.2, 0.25) is 0 Å². The molecule has 1 saturated heterocycles. The van der Waals surface area contributed by atoms with Crippen LogP contribution in [0.15, 0.2) is 0 Å². The average Bonchev–Trinajstić information content (AvgIpc) is 2.28. The highest BCUT2D eigenvalue weighted by molar-refractivity contribution is 6.13. The molecule has 1 aliphatic heterocycles. The molecule has 16 heavy (non-hydrogen) atoms. The Morgan fingerprint density at radius 1 is 1.38 bits per heavy atom. The second-order valence-electron chi connectivity index (χ2n) is 4.65. The molecule has 0 aromatic carbocycles. The molecule has 5 nitrogen and oxygen atoms in total. The maximum absolute atomic E-state index is 12.1. The zero-order valence-corrected chi connectivity index (χ0v) is 9.96. The summed E-state index contributed by atoms with van der Waals surface area (Å²) in [6.45, 7) is 4.26. The third-order valence-corrected chi connectivity index (χ3v) is 2.69. The van der Waals surface area contributed by atoms with Crippen LogP contribution < -0.4 is 0 Å². The molecule has 0 aromatic heterocycles. The molecule has 0 amide bonds. The van der Waals surface area contributed by atoms with Gasteiger partial charge in [0.05, 0.1) is 13.0 Å². The van der Waals surface area contributed by atoms with Crippen molar-refractivity contribution in [2.75, 3.05) is 13.7 Å². The van der Waals surface area contributed by atoms with E-state index >= 15 is 0 Å². The van der Waals surface area contributed by atoms with Crippen molar-refractivity contribution >= 4 is 17.5 Å². The molecule has 0 N–H and O–H groups in total. The van der Waals surface area contributed by atoms with Gasteiger partial charge in [0, 0.05) is 7.11 Å². The molecule has 0 aliphatic carbocycles. The number of hydrogen-bond donors (Lipinski definition) is 0. The first-order valence-electron chi connectivity index (χ1n) is 5.03. The minimum absolute atomic E-state index is 0.0828. The number of rotatable bonds is 4. The van der Waals surface area contributed by atoms with Crippen molar-refractivity contribution in [1.29, 1.82) is 0 Å². The summed E-state index contributed by atoms with van der Waals surface area (Å²) in [5.41, 5.74) is -2.63. The summed E-state index contributed by atoms with van der Waals surface area (Å²) < 4.78 is 9.99. The highest BCUT2D eigenvalue weighted by Crippen LogP contribution is 2.38. The lowest BCUT2D eigenvalue weighted by molar-refractivity contribution is -0.160. The van der Waals surface area contributed by atoms with Crippen molar-refractivity contribution in [3.8, 4) is 0 Å². The highest BCUT2D eigenvalue weighted by atomic mass is 16.6. The molecule has 0 aromatic rings. The van der Waals surface area contributed by atoms with Gasteiger partial charge in [0.2, 0.25) is 5.60 Å². The van der Waals surface area contributed by atoms with E-state index in [-0.39, 0.29) is 24.6 Å². The smallest absolute Gasteiger partial charge is 0.320 e. The van der Waals surface area contributed by atoms with Gasteiger partial charge in [0.1, 0.15) is 11.2 Å². The van der Waals surface area contributed by atoms with Gasteiger partial charge in [-0.25, -0.2) is 0 Å². The first kappa shape index (κ1) is 12.8. The van der Waals surface area contributed by atoms with E-state index in [0.717, 1.165) is 0 Å². The number of Topliss-reactive ketones (excluding diaryl/α,β-unsaturated/α-hetero) is 2. The summed E-state index contributed by atoms with van der Waals surface area (Å²) in [6.07, 6.45) is -0.130. The maximum atomic E-state index is 12.1. The summed E-state index contributed by atoms with van der Waals surface area (Å²) in [6, 6.07) is 0. The van der Waals surface area contributed by atoms with E-state index in [1.807, 2.05) is 0 Å². The van der Waals surface area contributed by atoms with E-state index < -0.39 is 17.0 Å². The fourth-order valence-corrected chi connectivity index (χ4v) is 1.91. The lowest BCUT2D eigenvalue weighted by Crippen LogP contribution is -2.45. The minimum atomic E-state index is -1.43. The molecular weight excluding hydrogens is 212 g/mol. The molecule has 90 valence electrons. The van der Waals surface area contributed by atoms with Crippen LogP contribution in [0.5, 0.6) is 0 Å². The van der Waals surface area contributed by atoms with Gasteiger partial charge in [-0.15, -0.1) is 0 Å². The van der Waals surface area contributed by atoms with Crippen LogP contribution >= 0.6 is 0 Å². The number of esters is 1. The fraction of sp³-hybridized carbons (Fsp3) is 0.727. The predicted octanol–water partition coefficient (Wildman–Crippen LogP) is 0.503. The Morgan fingerprint density at radius 2 is 1.94 bits per heavy atom. The summed E-state index contributed by atoms with van der Waals surface area (Å²) in [4.78, 5) is 34.8. The second-order valence-corrected chi connectivity index (χ2v) is 4.65. The van der Waals surface area contributed by atoms with Gasteiger partial charge in [0.15, 0.2) is 5.78 Å². The van der Waals surface area contributed by atoms with Crippen molar-refractivity contribution in [2.24, 2.45) is 5.41 Å². The molecule has 1 fully saturated rings. The number of methoxy groups -OCH3 is 1. The summed E-state index contributed by atoms with van der Waals surface area (Å²) in [5, 5.41) is 0. The molecule has 0 saturated carbocycles. The van der Waals surface area contributed by atoms with Crippen LogP contribution in [-0.4, -0.2) is 36.9 Å². The standard InChI is InChI=1S/C11H16O5/c1-7(12)5-11(6-15-4)8(13)10(2,3)9(14)16-11/h5-6H2,1-4H3/t11-/m0/s1. The van der Waals surface area contributed by atoms with E-state index in [4.69, 9.17) is 9.47 Å². The van der Waals surface area contributed by atoms with Gasteiger partial charge in [0.25, 0.3) is 0 Å². The molecule has 1 atom stereocenters. The van der Waals surface area contributed by atoms with Crippen molar-refractivity contribution in [2.45, 2.75) is 32.8 Å². The Balaban J connectivity index is 3.09. The average molecular weight is 228 g/mol. The van der Waals surface area contributed by atoms with Crippen LogP contribution in [0.1, 0.15) is 27.2 Å². The lowest BCUT2D eigenvalue weighted by Gasteiger charge is -2.24. The monoisotopic (exact) mass is 228 g/mol. The number of ketones is 2. The molecule has 0 spiro atoms. The van der Waals surface area contributed by atoms with Gasteiger partial charge in [-0.1, -0.05) is 0 Å². The third-order valence-electron chi connectivity index (χ3n) is 2.69. The number of cyclic esters (lactones) is 1. The molecule has 1 aliphatic rings. The fourth-order valence-electron chi connectivity index (χ4n) is 1.91. The highest BCUT2D eigenvalue weighted by Gasteiger charge is 2.60. The van der Waals surface area contributed by atoms with Crippen molar-refractivity contribution in [3.63, 3.8) is 0 Å². The van der Waals surface area contributed by atoms with Crippen molar-refractivity contribution in [1.82, 2.24) is 0 Å². The van der Waals surface area contributed by atoms with Gasteiger partial charge in [-0.3, -0.25) is 14.4 Å². The minimum Gasteiger partial charge on any atom is -0.447 e. The zero-order chi connectivity index (χ0) is 12.6.